The maximum atomic E-state index is 13.4. The molecule has 0 spiro atoms. The molecule has 5 nitrogen and oxygen atoms in total. The molecule has 2 aliphatic heterocycles. The average molecular weight is 293 g/mol. The van der Waals surface area contributed by atoms with Crippen molar-refractivity contribution in [3.05, 3.63) is 39.7 Å². The predicted molar refractivity (Wildman–Crippen MR) is 77.4 cm³/mol. The molecule has 0 aliphatic carbocycles. The van der Waals surface area contributed by atoms with Gasteiger partial charge in [-0.25, -0.2) is 4.39 Å². The Hall–Kier alpha value is -1.53. The lowest BCUT2D eigenvalue weighted by Gasteiger charge is -2.26. The van der Waals surface area contributed by atoms with E-state index in [4.69, 9.17) is 0 Å². The van der Waals surface area contributed by atoms with Crippen LogP contribution in [0, 0.1) is 27.8 Å². The van der Waals surface area contributed by atoms with Crippen molar-refractivity contribution in [2.75, 3.05) is 19.6 Å². The van der Waals surface area contributed by atoms with Crippen LogP contribution in [-0.4, -0.2) is 35.5 Å². The quantitative estimate of drug-likeness (QED) is 0.683. The van der Waals surface area contributed by atoms with E-state index in [9.17, 15) is 14.5 Å². The van der Waals surface area contributed by atoms with Crippen LogP contribution in [0.5, 0.6) is 0 Å². The van der Waals surface area contributed by atoms with E-state index < -0.39 is 10.7 Å². The maximum Gasteiger partial charge on any atom is 0.274 e. The molecule has 0 bridgehead atoms. The highest BCUT2D eigenvalue weighted by Crippen LogP contribution is 2.36. The molecule has 0 aromatic heterocycles. The standard InChI is InChI=1S/C15H20FN3O2/c1-2-14-13-7-17-6-11(13)9-18(14)8-10-5-12(16)3-4-15(10)19(20)21/h3-5,11,13-14,17H,2,6-9H2,1H3. The van der Waals surface area contributed by atoms with Gasteiger partial charge in [0.25, 0.3) is 5.69 Å². The van der Waals surface area contributed by atoms with Crippen LogP contribution in [0.3, 0.4) is 0 Å². The molecule has 0 saturated carbocycles. The first kappa shape index (κ1) is 14.4. The first-order chi connectivity index (χ1) is 10.1. The summed E-state index contributed by atoms with van der Waals surface area (Å²) in [6, 6.07) is 4.15. The zero-order valence-electron chi connectivity index (χ0n) is 12.1. The average Bonchev–Trinajstić information content (AvgIpc) is 2.98. The Morgan fingerprint density at radius 3 is 3.00 bits per heavy atom. The van der Waals surface area contributed by atoms with Gasteiger partial charge in [-0.3, -0.25) is 15.0 Å². The number of fused-ring (bicyclic) bond motifs is 1. The van der Waals surface area contributed by atoms with E-state index in [2.05, 4.69) is 17.1 Å². The number of hydrogen-bond donors (Lipinski definition) is 1. The minimum Gasteiger partial charge on any atom is -0.316 e. The molecule has 6 heteroatoms. The van der Waals surface area contributed by atoms with Crippen LogP contribution in [0.2, 0.25) is 0 Å². The van der Waals surface area contributed by atoms with Crippen LogP contribution < -0.4 is 5.32 Å². The van der Waals surface area contributed by atoms with Gasteiger partial charge in [0.1, 0.15) is 5.82 Å². The summed E-state index contributed by atoms with van der Waals surface area (Å²) in [6.07, 6.45) is 1.02. The van der Waals surface area contributed by atoms with Crippen molar-refractivity contribution in [3.8, 4) is 0 Å². The Balaban J connectivity index is 1.83. The number of nitro groups is 1. The summed E-state index contributed by atoms with van der Waals surface area (Å²) >= 11 is 0. The highest BCUT2D eigenvalue weighted by Gasteiger charge is 2.43. The summed E-state index contributed by atoms with van der Waals surface area (Å²) in [7, 11) is 0. The molecular formula is C15H20FN3O2. The topological polar surface area (TPSA) is 58.4 Å². The van der Waals surface area contributed by atoms with Gasteiger partial charge in [-0.2, -0.15) is 0 Å². The maximum absolute atomic E-state index is 13.4. The SMILES string of the molecule is CCC1C2CNCC2CN1Cc1cc(F)ccc1[N+](=O)[O-]. The molecule has 1 aromatic rings. The van der Waals surface area contributed by atoms with Gasteiger partial charge in [0, 0.05) is 30.8 Å². The number of nitro benzene ring substituents is 1. The molecular weight excluding hydrogens is 273 g/mol. The summed E-state index contributed by atoms with van der Waals surface area (Å²) in [5.74, 6) is 0.815. The van der Waals surface area contributed by atoms with E-state index >= 15 is 0 Å². The zero-order valence-corrected chi connectivity index (χ0v) is 12.1. The third-order valence-corrected chi connectivity index (χ3v) is 4.85. The molecule has 0 amide bonds. The molecule has 2 fully saturated rings. The van der Waals surface area contributed by atoms with Crippen LogP contribution in [0.1, 0.15) is 18.9 Å². The molecule has 2 aliphatic rings. The molecule has 3 atom stereocenters. The number of hydrogen-bond acceptors (Lipinski definition) is 4. The van der Waals surface area contributed by atoms with Crippen molar-refractivity contribution in [3.63, 3.8) is 0 Å². The lowest BCUT2D eigenvalue weighted by Crippen LogP contribution is -2.34. The number of nitrogens with one attached hydrogen (secondary N) is 1. The molecule has 1 aromatic carbocycles. The Kier molecular flexibility index (Phi) is 3.91. The summed E-state index contributed by atoms with van der Waals surface area (Å²) < 4.78 is 13.4. The van der Waals surface area contributed by atoms with Gasteiger partial charge in [0.05, 0.1) is 4.92 Å². The van der Waals surface area contributed by atoms with Crippen molar-refractivity contribution in [2.24, 2.45) is 11.8 Å². The number of nitrogens with zero attached hydrogens (tertiary/aromatic N) is 2. The summed E-state index contributed by atoms with van der Waals surface area (Å²) in [5.41, 5.74) is 0.493. The van der Waals surface area contributed by atoms with E-state index in [1.165, 1.54) is 12.1 Å². The van der Waals surface area contributed by atoms with E-state index in [0.717, 1.165) is 32.1 Å². The van der Waals surface area contributed by atoms with Crippen molar-refractivity contribution >= 4 is 5.69 Å². The van der Waals surface area contributed by atoms with Gasteiger partial charge >= 0.3 is 0 Å². The summed E-state index contributed by atoms with van der Waals surface area (Å²) in [4.78, 5) is 13.0. The van der Waals surface area contributed by atoms with E-state index in [1.807, 2.05) is 0 Å². The van der Waals surface area contributed by atoms with Gasteiger partial charge in [-0.05, 0) is 43.5 Å². The molecule has 2 heterocycles. The summed E-state index contributed by atoms with van der Waals surface area (Å²) in [5, 5.41) is 14.5. The Labute approximate surface area is 123 Å². The predicted octanol–water partition coefficient (Wildman–Crippen LogP) is 2.16. The Morgan fingerprint density at radius 1 is 1.48 bits per heavy atom. The highest BCUT2D eigenvalue weighted by molar-refractivity contribution is 5.40. The van der Waals surface area contributed by atoms with Crippen molar-refractivity contribution in [1.29, 1.82) is 0 Å². The second-order valence-corrected chi connectivity index (χ2v) is 6.02. The molecule has 1 N–H and O–H groups in total. The first-order valence-corrected chi connectivity index (χ1v) is 7.47. The molecule has 3 rings (SSSR count). The van der Waals surface area contributed by atoms with Crippen LogP contribution in [0.4, 0.5) is 10.1 Å². The smallest absolute Gasteiger partial charge is 0.274 e. The first-order valence-electron chi connectivity index (χ1n) is 7.47. The molecule has 3 unspecified atom stereocenters. The highest BCUT2D eigenvalue weighted by atomic mass is 19.1. The number of likely N-dealkylation sites (tertiary alicyclic amines) is 1. The fraction of sp³-hybridized carbons (Fsp3) is 0.600. The van der Waals surface area contributed by atoms with E-state index in [1.54, 1.807) is 0 Å². The van der Waals surface area contributed by atoms with Gasteiger partial charge in [-0.15, -0.1) is 0 Å². The van der Waals surface area contributed by atoms with Crippen LogP contribution >= 0.6 is 0 Å². The number of benzene rings is 1. The Bertz CT molecular complexity index is 552. The number of rotatable bonds is 4. The second-order valence-electron chi connectivity index (χ2n) is 6.02. The van der Waals surface area contributed by atoms with Gasteiger partial charge < -0.3 is 5.32 Å². The van der Waals surface area contributed by atoms with Crippen molar-refractivity contribution in [1.82, 2.24) is 10.2 Å². The van der Waals surface area contributed by atoms with Crippen LogP contribution in [0.25, 0.3) is 0 Å². The van der Waals surface area contributed by atoms with Crippen molar-refractivity contribution in [2.45, 2.75) is 25.9 Å². The lowest BCUT2D eigenvalue weighted by molar-refractivity contribution is -0.385. The molecule has 0 radical (unpaired) electrons. The second kappa shape index (κ2) is 5.69. The minimum atomic E-state index is -0.422. The monoisotopic (exact) mass is 293 g/mol. The fourth-order valence-corrected chi connectivity index (χ4v) is 3.93. The Morgan fingerprint density at radius 2 is 2.29 bits per heavy atom. The fourth-order valence-electron chi connectivity index (χ4n) is 3.93. The van der Waals surface area contributed by atoms with Gasteiger partial charge in [0.15, 0.2) is 0 Å². The normalized spacial score (nSPS) is 28.8. The van der Waals surface area contributed by atoms with Crippen molar-refractivity contribution < 1.29 is 9.31 Å². The van der Waals surface area contributed by atoms with Crippen LogP contribution in [-0.2, 0) is 6.54 Å². The lowest BCUT2D eigenvalue weighted by atomic mass is 9.93. The molecule has 2 saturated heterocycles. The number of halogens is 1. The summed E-state index contributed by atoms with van der Waals surface area (Å²) in [6.45, 7) is 5.58. The van der Waals surface area contributed by atoms with Gasteiger partial charge in [-0.1, -0.05) is 6.92 Å². The molecule has 21 heavy (non-hydrogen) atoms. The largest absolute Gasteiger partial charge is 0.316 e. The third-order valence-electron chi connectivity index (χ3n) is 4.85. The minimum absolute atomic E-state index is 0.0152. The van der Waals surface area contributed by atoms with E-state index in [-0.39, 0.29) is 5.69 Å². The third kappa shape index (κ3) is 2.65. The van der Waals surface area contributed by atoms with Gasteiger partial charge in [0.2, 0.25) is 0 Å². The molecule has 114 valence electrons. The van der Waals surface area contributed by atoms with E-state index in [0.29, 0.717) is 30.0 Å². The van der Waals surface area contributed by atoms with Crippen LogP contribution in [0.15, 0.2) is 18.2 Å². The zero-order chi connectivity index (χ0) is 15.0.